The van der Waals surface area contributed by atoms with E-state index in [1.165, 1.54) is 0 Å². The molecule has 2 heterocycles. The highest BCUT2D eigenvalue weighted by Gasteiger charge is 2.52. The predicted octanol–water partition coefficient (Wildman–Crippen LogP) is 2.26. The molecule has 0 bridgehead atoms. The average Bonchev–Trinajstić information content (AvgIpc) is 2.46. The number of rotatable bonds is 1. The normalized spacial score (nSPS) is 21.2. The molecular weight excluding hydrogens is 251 g/mol. The average molecular weight is 276 g/mol. The van der Waals surface area contributed by atoms with Crippen LogP contribution in [0.1, 0.15) is 54.0 Å². The smallest absolute Gasteiger partial charge is 0.399 e. The van der Waals surface area contributed by atoms with Gasteiger partial charge in [0.15, 0.2) is 0 Å². The summed E-state index contributed by atoms with van der Waals surface area (Å²) in [5.74, 6) is 0. The molecule has 5 heteroatoms. The van der Waals surface area contributed by atoms with Crippen molar-refractivity contribution in [3.63, 3.8) is 0 Å². The zero-order valence-corrected chi connectivity index (χ0v) is 13.6. The highest BCUT2D eigenvalue weighted by atomic mass is 16.7. The fourth-order valence-electron chi connectivity index (χ4n) is 2.24. The lowest BCUT2D eigenvalue weighted by molar-refractivity contribution is 0.00578. The second-order valence-electron chi connectivity index (χ2n) is 7.53. The lowest BCUT2D eigenvalue weighted by Crippen LogP contribution is -2.41. The van der Waals surface area contributed by atoms with Crippen LogP contribution in [0, 0.1) is 0 Å². The van der Waals surface area contributed by atoms with Crippen molar-refractivity contribution in [2.45, 2.75) is 65.1 Å². The van der Waals surface area contributed by atoms with Gasteiger partial charge in [0.1, 0.15) is 0 Å². The molecule has 0 unspecified atom stereocenters. The number of nitrogen functional groups attached to an aromatic ring is 1. The Morgan fingerprint density at radius 3 is 2.00 bits per heavy atom. The standard InChI is InChI=1S/C15H25BN2O2/c1-13(2,3)10-8-18-9-11(12(10)17)16-19-14(4,5)15(6,7)20-16/h8-9H,1-7H3,(H2,17,18). The van der Waals surface area contributed by atoms with Crippen LogP contribution >= 0.6 is 0 Å². The second-order valence-corrected chi connectivity index (χ2v) is 7.53. The zero-order chi connectivity index (χ0) is 15.3. The van der Waals surface area contributed by atoms with Gasteiger partial charge in [-0.1, -0.05) is 20.8 Å². The highest BCUT2D eigenvalue weighted by Crippen LogP contribution is 2.37. The van der Waals surface area contributed by atoms with Crippen LogP contribution in [-0.2, 0) is 14.7 Å². The monoisotopic (exact) mass is 276 g/mol. The summed E-state index contributed by atoms with van der Waals surface area (Å²) in [6, 6.07) is 0. The Morgan fingerprint density at radius 2 is 1.55 bits per heavy atom. The van der Waals surface area contributed by atoms with E-state index < -0.39 is 7.12 Å². The van der Waals surface area contributed by atoms with Crippen LogP contribution in [0.2, 0.25) is 0 Å². The predicted molar refractivity (Wildman–Crippen MR) is 83.1 cm³/mol. The van der Waals surface area contributed by atoms with Gasteiger partial charge in [-0.25, -0.2) is 0 Å². The summed E-state index contributed by atoms with van der Waals surface area (Å²) in [6.07, 6.45) is 3.57. The van der Waals surface area contributed by atoms with Crippen LogP contribution in [0.4, 0.5) is 5.69 Å². The maximum absolute atomic E-state index is 6.33. The van der Waals surface area contributed by atoms with Crippen LogP contribution < -0.4 is 11.2 Å². The zero-order valence-electron chi connectivity index (χ0n) is 13.6. The molecule has 1 fully saturated rings. The molecule has 1 aromatic heterocycles. The molecule has 0 aliphatic carbocycles. The van der Waals surface area contributed by atoms with Gasteiger partial charge in [-0.2, -0.15) is 0 Å². The van der Waals surface area contributed by atoms with Crippen LogP contribution in [0.15, 0.2) is 12.4 Å². The second kappa shape index (κ2) is 4.47. The minimum absolute atomic E-state index is 0.0588. The molecule has 2 rings (SSSR count). The molecule has 0 radical (unpaired) electrons. The minimum Gasteiger partial charge on any atom is -0.399 e. The van der Waals surface area contributed by atoms with Crippen molar-refractivity contribution in [1.82, 2.24) is 4.98 Å². The molecule has 0 atom stereocenters. The lowest BCUT2D eigenvalue weighted by atomic mass is 9.75. The number of nitrogens with two attached hydrogens (primary N) is 1. The minimum atomic E-state index is -0.463. The Hall–Kier alpha value is -1.07. The number of nitrogens with zero attached hydrogens (tertiary/aromatic N) is 1. The van der Waals surface area contributed by atoms with Crippen molar-refractivity contribution in [3.05, 3.63) is 18.0 Å². The number of anilines is 1. The number of hydrogen-bond acceptors (Lipinski definition) is 4. The van der Waals surface area contributed by atoms with Gasteiger partial charge in [0.05, 0.1) is 11.2 Å². The van der Waals surface area contributed by atoms with Gasteiger partial charge in [0.2, 0.25) is 0 Å². The first-order valence-corrected chi connectivity index (χ1v) is 7.05. The van der Waals surface area contributed by atoms with E-state index in [4.69, 9.17) is 15.0 Å². The third kappa shape index (κ3) is 2.45. The number of hydrogen-bond donors (Lipinski definition) is 1. The first kappa shape index (κ1) is 15.3. The molecule has 0 spiro atoms. The Kier molecular flexibility index (Phi) is 3.42. The van der Waals surface area contributed by atoms with E-state index in [0.29, 0.717) is 5.69 Å². The largest absolute Gasteiger partial charge is 0.498 e. The topological polar surface area (TPSA) is 57.4 Å². The van der Waals surface area contributed by atoms with E-state index in [2.05, 4.69) is 25.8 Å². The van der Waals surface area contributed by atoms with E-state index in [9.17, 15) is 0 Å². The van der Waals surface area contributed by atoms with E-state index in [1.54, 1.807) is 6.20 Å². The van der Waals surface area contributed by atoms with Gasteiger partial charge >= 0.3 is 7.12 Å². The van der Waals surface area contributed by atoms with Crippen molar-refractivity contribution < 1.29 is 9.31 Å². The molecule has 0 aromatic carbocycles. The summed E-state index contributed by atoms with van der Waals surface area (Å²) in [7, 11) is -0.463. The molecule has 1 aliphatic heterocycles. The fourth-order valence-corrected chi connectivity index (χ4v) is 2.24. The molecule has 2 N–H and O–H groups in total. The van der Waals surface area contributed by atoms with Gasteiger partial charge in [-0.3, -0.25) is 4.98 Å². The molecule has 4 nitrogen and oxygen atoms in total. The maximum Gasteiger partial charge on any atom is 0.498 e. The summed E-state index contributed by atoms with van der Waals surface area (Å²) in [4.78, 5) is 4.31. The summed E-state index contributed by atoms with van der Waals surface area (Å²) in [5.41, 5.74) is 8.07. The molecular formula is C15H25BN2O2. The molecule has 20 heavy (non-hydrogen) atoms. The Bertz CT molecular complexity index is 505. The Balaban J connectivity index is 2.42. The van der Waals surface area contributed by atoms with Gasteiger partial charge in [-0.15, -0.1) is 0 Å². The van der Waals surface area contributed by atoms with Crippen LogP contribution in [0.3, 0.4) is 0 Å². The first-order chi connectivity index (χ1) is 8.96. The van der Waals surface area contributed by atoms with Gasteiger partial charge in [0, 0.05) is 23.5 Å². The fraction of sp³-hybridized carbons (Fsp3) is 0.667. The van der Waals surface area contributed by atoms with E-state index in [-0.39, 0.29) is 16.6 Å². The SMILES string of the molecule is CC(C)(C)c1cncc(B2OC(C)(C)C(C)(C)O2)c1N. The first-order valence-electron chi connectivity index (χ1n) is 7.05. The summed E-state index contributed by atoms with van der Waals surface area (Å²) in [6.45, 7) is 14.5. The van der Waals surface area contributed by atoms with Gasteiger partial charge < -0.3 is 15.0 Å². The molecule has 1 aromatic rings. The Morgan fingerprint density at radius 1 is 1.05 bits per heavy atom. The van der Waals surface area contributed by atoms with Crippen molar-refractivity contribution in [2.24, 2.45) is 0 Å². The van der Waals surface area contributed by atoms with Crippen LogP contribution in [0.25, 0.3) is 0 Å². The highest BCUT2D eigenvalue weighted by molar-refractivity contribution is 6.63. The van der Waals surface area contributed by atoms with Crippen molar-refractivity contribution in [2.75, 3.05) is 5.73 Å². The maximum atomic E-state index is 6.33. The molecule has 0 amide bonds. The molecule has 110 valence electrons. The van der Waals surface area contributed by atoms with Crippen molar-refractivity contribution >= 4 is 18.3 Å². The van der Waals surface area contributed by atoms with E-state index >= 15 is 0 Å². The lowest BCUT2D eigenvalue weighted by Gasteiger charge is -2.32. The molecule has 1 aliphatic rings. The van der Waals surface area contributed by atoms with Gasteiger partial charge in [0.25, 0.3) is 0 Å². The number of aromatic nitrogens is 1. The third-order valence-corrected chi connectivity index (χ3v) is 4.33. The third-order valence-electron chi connectivity index (χ3n) is 4.33. The van der Waals surface area contributed by atoms with Crippen molar-refractivity contribution in [1.29, 1.82) is 0 Å². The van der Waals surface area contributed by atoms with E-state index in [0.717, 1.165) is 11.0 Å². The number of pyridine rings is 1. The van der Waals surface area contributed by atoms with E-state index in [1.807, 2.05) is 33.9 Å². The Labute approximate surface area is 122 Å². The quantitative estimate of drug-likeness (QED) is 0.799. The molecule has 1 saturated heterocycles. The summed E-state index contributed by atoms with van der Waals surface area (Å²) < 4.78 is 12.1. The van der Waals surface area contributed by atoms with Crippen molar-refractivity contribution in [3.8, 4) is 0 Å². The van der Waals surface area contributed by atoms with Crippen LogP contribution in [0.5, 0.6) is 0 Å². The summed E-state index contributed by atoms with van der Waals surface area (Å²) >= 11 is 0. The van der Waals surface area contributed by atoms with Gasteiger partial charge in [-0.05, 0) is 38.7 Å². The van der Waals surface area contributed by atoms with Crippen LogP contribution in [-0.4, -0.2) is 23.3 Å². The summed E-state index contributed by atoms with van der Waals surface area (Å²) in [5, 5.41) is 0. The molecule has 0 saturated carbocycles.